The minimum Gasteiger partial charge on any atom is -0.463 e. The van der Waals surface area contributed by atoms with Gasteiger partial charge in [0, 0.05) is 12.5 Å². The fourth-order valence-corrected chi connectivity index (χ4v) is 3.57. The van der Waals surface area contributed by atoms with E-state index in [0.29, 0.717) is 17.9 Å². The largest absolute Gasteiger partial charge is 0.463 e. The molecular formula is C20H28N2O5. The fraction of sp³-hybridized carbons (Fsp3) is 0.600. The molecule has 1 amide bonds. The van der Waals surface area contributed by atoms with Gasteiger partial charge >= 0.3 is 5.97 Å². The third-order valence-corrected chi connectivity index (χ3v) is 4.84. The van der Waals surface area contributed by atoms with Gasteiger partial charge in [0.15, 0.2) is 0 Å². The maximum atomic E-state index is 12.4. The number of para-hydroxylation sites is 1. The highest BCUT2D eigenvalue weighted by Crippen LogP contribution is 2.30. The van der Waals surface area contributed by atoms with Crippen LogP contribution in [0, 0.1) is 16.0 Å². The summed E-state index contributed by atoms with van der Waals surface area (Å²) in [6, 6.07) is 5.39. The van der Waals surface area contributed by atoms with Gasteiger partial charge in [0.1, 0.15) is 0 Å². The molecule has 0 radical (unpaired) electrons. The first kappa shape index (κ1) is 20.9. The van der Waals surface area contributed by atoms with Crippen LogP contribution in [0.3, 0.4) is 0 Å². The smallest absolute Gasteiger partial charge is 0.308 e. The second kappa shape index (κ2) is 10.0. The van der Waals surface area contributed by atoms with Crippen LogP contribution in [0.1, 0.15) is 70.4 Å². The number of ether oxygens (including phenoxy) is 1. The van der Waals surface area contributed by atoms with Crippen molar-refractivity contribution in [3.63, 3.8) is 0 Å². The van der Waals surface area contributed by atoms with E-state index in [1.54, 1.807) is 32.0 Å². The van der Waals surface area contributed by atoms with Gasteiger partial charge in [-0.05, 0) is 26.2 Å². The van der Waals surface area contributed by atoms with Gasteiger partial charge in [0.2, 0.25) is 5.91 Å². The maximum absolute atomic E-state index is 12.4. The van der Waals surface area contributed by atoms with E-state index in [9.17, 15) is 19.7 Å². The number of nitro groups is 1. The van der Waals surface area contributed by atoms with Crippen molar-refractivity contribution < 1.29 is 19.2 Å². The summed E-state index contributed by atoms with van der Waals surface area (Å²) >= 11 is 0. The second-order valence-electron chi connectivity index (χ2n) is 7.37. The number of benzene rings is 1. The van der Waals surface area contributed by atoms with Crippen molar-refractivity contribution >= 4 is 17.6 Å². The lowest BCUT2D eigenvalue weighted by Gasteiger charge is -2.20. The van der Waals surface area contributed by atoms with Crippen LogP contribution in [0.4, 0.5) is 5.69 Å². The molecule has 1 atom stereocenters. The normalized spacial score (nSPS) is 15.5. The molecule has 1 aliphatic rings. The van der Waals surface area contributed by atoms with Crippen LogP contribution in [-0.2, 0) is 14.3 Å². The zero-order valence-corrected chi connectivity index (χ0v) is 16.0. The number of hydrogen-bond donors (Lipinski definition) is 1. The molecule has 0 aromatic heterocycles. The number of nitro benzene ring substituents is 1. The minimum atomic E-state index is -0.783. The van der Waals surface area contributed by atoms with Gasteiger partial charge in [0.25, 0.3) is 5.69 Å². The predicted octanol–water partition coefficient (Wildman–Crippen LogP) is 4.06. The molecule has 1 fully saturated rings. The molecule has 27 heavy (non-hydrogen) atoms. The monoisotopic (exact) mass is 376 g/mol. The molecule has 0 bridgehead atoms. The summed E-state index contributed by atoms with van der Waals surface area (Å²) in [5, 5.41) is 14.2. The van der Waals surface area contributed by atoms with E-state index in [1.165, 1.54) is 18.9 Å². The number of nitrogens with zero attached hydrogens (tertiary/aromatic N) is 1. The van der Waals surface area contributed by atoms with Crippen LogP contribution in [-0.4, -0.2) is 22.9 Å². The first-order valence-electron chi connectivity index (χ1n) is 9.59. The Morgan fingerprint density at radius 3 is 2.56 bits per heavy atom. The molecule has 1 saturated carbocycles. The third-order valence-electron chi connectivity index (χ3n) is 4.84. The van der Waals surface area contributed by atoms with Crippen molar-refractivity contribution in [1.82, 2.24) is 5.32 Å². The summed E-state index contributed by atoms with van der Waals surface area (Å²) < 4.78 is 5.17. The summed E-state index contributed by atoms with van der Waals surface area (Å²) in [7, 11) is 0. The second-order valence-corrected chi connectivity index (χ2v) is 7.37. The molecule has 7 heteroatoms. The standard InChI is InChI=1S/C20H28N2O5/c1-14(2)27-20(24)13-17(16-9-5-6-10-18(16)22(25)26)21-19(23)12-11-15-7-3-4-8-15/h5-6,9-10,14-15,17H,3-4,7-8,11-13H2,1-2H3,(H,21,23). The van der Waals surface area contributed by atoms with Crippen LogP contribution in [0.5, 0.6) is 0 Å². The molecular weight excluding hydrogens is 348 g/mol. The SMILES string of the molecule is CC(C)OC(=O)CC(NC(=O)CCC1CCCC1)c1ccccc1[N+](=O)[O-]. The Bertz CT molecular complexity index is 668. The fourth-order valence-electron chi connectivity index (χ4n) is 3.57. The van der Waals surface area contributed by atoms with Crippen LogP contribution in [0.25, 0.3) is 0 Å². The van der Waals surface area contributed by atoms with E-state index in [1.807, 2.05) is 0 Å². The lowest BCUT2D eigenvalue weighted by molar-refractivity contribution is -0.385. The number of carbonyl (C=O) groups excluding carboxylic acids is 2. The first-order chi connectivity index (χ1) is 12.9. The molecule has 2 rings (SSSR count). The molecule has 1 aromatic rings. The molecule has 1 unspecified atom stereocenters. The number of rotatable bonds is 9. The van der Waals surface area contributed by atoms with Gasteiger partial charge in [-0.15, -0.1) is 0 Å². The molecule has 0 saturated heterocycles. The van der Waals surface area contributed by atoms with E-state index in [0.717, 1.165) is 19.3 Å². The Balaban J connectivity index is 2.10. The predicted molar refractivity (Wildman–Crippen MR) is 101 cm³/mol. The summed E-state index contributed by atoms with van der Waals surface area (Å²) in [6.45, 7) is 3.47. The van der Waals surface area contributed by atoms with Gasteiger partial charge in [0.05, 0.1) is 29.1 Å². The highest BCUT2D eigenvalue weighted by atomic mass is 16.6. The Kier molecular flexibility index (Phi) is 7.76. The number of hydrogen-bond acceptors (Lipinski definition) is 5. The minimum absolute atomic E-state index is 0.115. The van der Waals surface area contributed by atoms with Crippen molar-refractivity contribution in [3.05, 3.63) is 39.9 Å². The van der Waals surface area contributed by atoms with E-state index < -0.39 is 16.9 Å². The summed E-state index contributed by atoms with van der Waals surface area (Å²) in [5.74, 6) is -0.113. The number of amides is 1. The van der Waals surface area contributed by atoms with Gasteiger partial charge in [-0.3, -0.25) is 19.7 Å². The molecule has 1 aromatic carbocycles. The zero-order chi connectivity index (χ0) is 19.8. The Morgan fingerprint density at radius 1 is 1.26 bits per heavy atom. The van der Waals surface area contributed by atoms with E-state index >= 15 is 0 Å². The third kappa shape index (κ3) is 6.66. The van der Waals surface area contributed by atoms with E-state index in [4.69, 9.17) is 4.74 Å². The number of carbonyl (C=O) groups is 2. The van der Waals surface area contributed by atoms with Crippen LogP contribution in [0.2, 0.25) is 0 Å². The summed E-state index contributed by atoms with van der Waals surface area (Å²) in [5.41, 5.74) is 0.202. The first-order valence-corrected chi connectivity index (χ1v) is 9.59. The van der Waals surface area contributed by atoms with Crippen molar-refractivity contribution in [1.29, 1.82) is 0 Å². The van der Waals surface area contributed by atoms with Crippen LogP contribution in [0.15, 0.2) is 24.3 Å². The molecule has 148 valence electrons. The van der Waals surface area contributed by atoms with Gasteiger partial charge < -0.3 is 10.1 Å². The van der Waals surface area contributed by atoms with Crippen LogP contribution >= 0.6 is 0 Å². The number of nitrogens with one attached hydrogen (secondary N) is 1. The van der Waals surface area contributed by atoms with Crippen molar-refractivity contribution in [2.45, 2.75) is 70.9 Å². The Morgan fingerprint density at radius 2 is 1.93 bits per heavy atom. The molecule has 1 N–H and O–H groups in total. The van der Waals surface area contributed by atoms with E-state index in [2.05, 4.69) is 5.32 Å². The maximum Gasteiger partial charge on any atom is 0.308 e. The van der Waals surface area contributed by atoms with E-state index in [-0.39, 0.29) is 24.1 Å². The van der Waals surface area contributed by atoms with Crippen LogP contribution < -0.4 is 5.32 Å². The molecule has 7 nitrogen and oxygen atoms in total. The highest BCUT2D eigenvalue weighted by molar-refractivity contribution is 5.78. The lowest BCUT2D eigenvalue weighted by Crippen LogP contribution is -2.31. The highest BCUT2D eigenvalue weighted by Gasteiger charge is 2.27. The van der Waals surface area contributed by atoms with Gasteiger partial charge in [-0.25, -0.2) is 0 Å². The molecule has 1 aliphatic carbocycles. The average molecular weight is 376 g/mol. The van der Waals surface area contributed by atoms with Gasteiger partial charge in [-0.2, -0.15) is 0 Å². The summed E-state index contributed by atoms with van der Waals surface area (Å²) in [6.07, 6.45) is 5.48. The molecule has 0 spiro atoms. The Hall–Kier alpha value is -2.44. The van der Waals surface area contributed by atoms with Crippen molar-refractivity contribution in [2.24, 2.45) is 5.92 Å². The quantitative estimate of drug-likeness (QED) is 0.398. The molecule has 0 heterocycles. The summed E-state index contributed by atoms with van der Waals surface area (Å²) in [4.78, 5) is 35.4. The number of esters is 1. The zero-order valence-electron chi connectivity index (χ0n) is 16.0. The molecule has 0 aliphatic heterocycles. The topological polar surface area (TPSA) is 98.5 Å². The van der Waals surface area contributed by atoms with Crippen molar-refractivity contribution in [3.8, 4) is 0 Å². The lowest BCUT2D eigenvalue weighted by atomic mass is 9.99. The van der Waals surface area contributed by atoms with Gasteiger partial charge in [-0.1, -0.05) is 43.9 Å². The van der Waals surface area contributed by atoms with Crippen molar-refractivity contribution in [2.75, 3.05) is 0 Å². The Labute approximate surface area is 159 Å². The average Bonchev–Trinajstić information content (AvgIpc) is 3.12.